The first-order chi connectivity index (χ1) is 13.2. The molecule has 27 heavy (non-hydrogen) atoms. The molecule has 0 radical (unpaired) electrons. The van der Waals surface area contributed by atoms with Gasteiger partial charge in [0.25, 0.3) is 0 Å². The maximum Gasteiger partial charge on any atom is 0.248 e. The summed E-state index contributed by atoms with van der Waals surface area (Å²) in [6, 6.07) is 14.3. The fourth-order valence-corrected chi connectivity index (χ4v) is 2.31. The van der Waals surface area contributed by atoms with Gasteiger partial charge in [-0.15, -0.1) is 0 Å². The van der Waals surface area contributed by atoms with E-state index in [-0.39, 0.29) is 12.5 Å². The van der Waals surface area contributed by atoms with Crippen LogP contribution in [0.2, 0.25) is 0 Å². The van der Waals surface area contributed by atoms with Gasteiger partial charge in [0.2, 0.25) is 5.91 Å². The Kier molecular flexibility index (Phi) is 7.73. The van der Waals surface area contributed by atoms with Crippen LogP contribution in [-0.4, -0.2) is 25.7 Å². The summed E-state index contributed by atoms with van der Waals surface area (Å²) in [7, 11) is 0. The standard InChI is InChI=1S/C21H22N2O4/c1-3-25-19-10-8-16(14-20(19)26-4-2)9-11-21(24)23-17-6-5-7-18(15-17)27-13-12-22/h5-11,14-15H,3-4,13H2,1-2H3,(H,23,24)/b11-9+. The number of ether oxygens (including phenoxy) is 3. The summed E-state index contributed by atoms with van der Waals surface area (Å²) in [5.41, 5.74) is 1.41. The highest BCUT2D eigenvalue weighted by atomic mass is 16.5. The van der Waals surface area contributed by atoms with Crippen molar-refractivity contribution in [2.24, 2.45) is 0 Å². The molecule has 2 aromatic rings. The molecule has 2 rings (SSSR count). The SMILES string of the molecule is CCOc1ccc(/C=C/C(=O)Nc2cccc(OCC#N)c2)cc1OCC. The molecule has 0 atom stereocenters. The first kappa shape index (κ1) is 19.9. The summed E-state index contributed by atoms with van der Waals surface area (Å²) >= 11 is 0. The summed E-state index contributed by atoms with van der Waals surface area (Å²) in [5, 5.41) is 11.3. The average Bonchev–Trinajstić information content (AvgIpc) is 2.67. The summed E-state index contributed by atoms with van der Waals surface area (Å²) in [6.07, 6.45) is 3.14. The van der Waals surface area contributed by atoms with Crippen LogP contribution in [0.1, 0.15) is 19.4 Å². The number of benzene rings is 2. The first-order valence-electron chi connectivity index (χ1n) is 8.64. The molecule has 6 nitrogen and oxygen atoms in total. The van der Waals surface area contributed by atoms with Gasteiger partial charge in [-0.05, 0) is 49.8 Å². The zero-order valence-electron chi connectivity index (χ0n) is 15.4. The van der Waals surface area contributed by atoms with Crippen molar-refractivity contribution in [3.63, 3.8) is 0 Å². The van der Waals surface area contributed by atoms with Crippen LogP contribution in [0.25, 0.3) is 6.08 Å². The first-order valence-corrected chi connectivity index (χ1v) is 8.64. The Morgan fingerprint density at radius 2 is 1.85 bits per heavy atom. The van der Waals surface area contributed by atoms with Crippen molar-refractivity contribution in [2.45, 2.75) is 13.8 Å². The van der Waals surface area contributed by atoms with Gasteiger partial charge in [0, 0.05) is 17.8 Å². The molecule has 0 aromatic heterocycles. The average molecular weight is 366 g/mol. The molecule has 0 aliphatic rings. The molecule has 1 N–H and O–H groups in total. The number of amides is 1. The van der Waals surface area contributed by atoms with Crippen molar-refractivity contribution in [3.8, 4) is 23.3 Å². The minimum absolute atomic E-state index is 0.0444. The lowest BCUT2D eigenvalue weighted by Crippen LogP contribution is -2.07. The number of rotatable bonds is 9. The molecule has 0 heterocycles. The van der Waals surface area contributed by atoms with E-state index in [2.05, 4.69) is 5.32 Å². The minimum atomic E-state index is -0.278. The van der Waals surface area contributed by atoms with Gasteiger partial charge in [-0.1, -0.05) is 12.1 Å². The zero-order chi connectivity index (χ0) is 19.5. The van der Waals surface area contributed by atoms with Crippen molar-refractivity contribution in [1.82, 2.24) is 0 Å². The molecule has 6 heteroatoms. The van der Waals surface area contributed by atoms with Crippen molar-refractivity contribution < 1.29 is 19.0 Å². The second-order valence-electron chi connectivity index (χ2n) is 5.37. The molecule has 0 unspecified atom stereocenters. The molecule has 140 valence electrons. The number of anilines is 1. The summed E-state index contributed by atoms with van der Waals surface area (Å²) in [5.74, 6) is 1.56. The monoisotopic (exact) mass is 366 g/mol. The van der Waals surface area contributed by atoms with Crippen LogP contribution in [-0.2, 0) is 4.79 Å². The van der Waals surface area contributed by atoms with Gasteiger partial charge < -0.3 is 19.5 Å². The van der Waals surface area contributed by atoms with Gasteiger partial charge in [-0.3, -0.25) is 4.79 Å². The fraction of sp³-hybridized carbons (Fsp3) is 0.238. The molecular formula is C21H22N2O4. The quantitative estimate of drug-likeness (QED) is 0.678. The highest BCUT2D eigenvalue weighted by Gasteiger charge is 2.05. The molecule has 0 aliphatic carbocycles. The Balaban J connectivity index is 2.04. The Hall–Kier alpha value is -3.46. The maximum atomic E-state index is 12.1. The van der Waals surface area contributed by atoms with Gasteiger partial charge in [-0.2, -0.15) is 5.26 Å². The van der Waals surface area contributed by atoms with E-state index in [4.69, 9.17) is 19.5 Å². The summed E-state index contributed by atoms with van der Waals surface area (Å²) in [4.78, 5) is 12.1. The number of hydrogen-bond donors (Lipinski definition) is 1. The predicted octanol–water partition coefficient (Wildman–Crippen LogP) is 4.04. The lowest BCUT2D eigenvalue weighted by Gasteiger charge is -2.11. The van der Waals surface area contributed by atoms with Crippen molar-refractivity contribution >= 4 is 17.7 Å². The lowest BCUT2D eigenvalue weighted by molar-refractivity contribution is -0.111. The minimum Gasteiger partial charge on any atom is -0.490 e. The molecule has 2 aromatic carbocycles. The largest absolute Gasteiger partial charge is 0.490 e. The van der Waals surface area contributed by atoms with Gasteiger partial charge in [0.05, 0.1) is 13.2 Å². The number of carbonyl (C=O) groups excluding carboxylic acids is 1. The van der Waals surface area contributed by atoms with Crippen LogP contribution >= 0.6 is 0 Å². The Morgan fingerprint density at radius 1 is 1.07 bits per heavy atom. The highest BCUT2D eigenvalue weighted by molar-refractivity contribution is 6.02. The third-order valence-electron chi connectivity index (χ3n) is 3.40. The Labute approximate surface area is 159 Å². The third-order valence-corrected chi connectivity index (χ3v) is 3.40. The van der Waals surface area contributed by atoms with E-state index in [1.807, 2.05) is 38.1 Å². The molecule has 0 bridgehead atoms. The van der Waals surface area contributed by atoms with E-state index in [9.17, 15) is 4.79 Å². The van der Waals surface area contributed by atoms with Crippen molar-refractivity contribution in [2.75, 3.05) is 25.1 Å². The summed E-state index contributed by atoms with van der Waals surface area (Å²) < 4.78 is 16.3. The second-order valence-corrected chi connectivity index (χ2v) is 5.37. The van der Waals surface area contributed by atoms with Crippen LogP contribution in [0.15, 0.2) is 48.5 Å². The fourth-order valence-electron chi connectivity index (χ4n) is 2.31. The topological polar surface area (TPSA) is 80.6 Å². The number of carbonyl (C=O) groups is 1. The van der Waals surface area contributed by atoms with Crippen molar-refractivity contribution in [3.05, 3.63) is 54.1 Å². The van der Waals surface area contributed by atoms with Crippen LogP contribution in [0.4, 0.5) is 5.69 Å². The molecule has 0 saturated heterocycles. The third kappa shape index (κ3) is 6.40. The number of hydrogen-bond acceptors (Lipinski definition) is 5. The number of nitrogens with zero attached hydrogens (tertiary/aromatic N) is 1. The molecule has 0 spiro atoms. The summed E-state index contributed by atoms with van der Waals surface area (Å²) in [6.45, 7) is 4.85. The van der Waals surface area contributed by atoms with Gasteiger partial charge in [0.15, 0.2) is 18.1 Å². The Morgan fingerprint density at radius 3 is 2.59 bits per heavy atom. The Bertz CT molecular complexity index is 840. The molecule has 0 saturated carbocycles. The molecule has 0 fully saturated rings. The van der Waals surface area contributed by atoms with E-state index in [1.165, 1.54) is 6.08 Å². The maximum absolute atomic E-state index is 12.1. The van der Waals surface area contributed by atoms with E-state index < -0.39 is 0 Å². The van der Waals surface area contributed by atoms with Crippen LogP contribution in [0.5, 0.6) is 17.2 Å². The van der Waals surface area contributed by atoms with Crippen molar-refractivity contribution in [1.29, 1.82) is 5.26 Å². The number of nitrogens with one attached hydrogen (secondary N) is 1. The normalized spacial score (nSPS) is 10.3. The predicted molar refractivity (Wildman–Crippen MR) is 104 cm³/mol. The van der Waals surface area contributed by atoms with E-state index in [0.717, 1.165) is 5.56 Å². The van der Waals surface area contributed by atoms with E-state index in [1.54, 1.807) is 30.3 Å². The lowest BCUT2D eigenvalue weighted by atomic mass is 10.2. The molecule has 1 amide bonds. The second kappa shape index (κ2) is 10.5. The van der Waals surface area contributed by atoms with Crippen LogP contribution < -0.4 is 19.5 Å². The number of nitriles is 1. The smallest absolute Gasteiger partial charge is 0.248 e. The highest BCUT2D eigenvalue weighted by Crippen LogP contribution is 2.29. The van der Waals surface area contributed by atoms with Gasteiger partial charge in [0.1, 0.15) is 11.8 Å². The zero-order valence-corrected chi connectivity index (χ0v) is 15.4. The molecular weight excluding hydrogens is 344 g/mol. The van der Waals surface area contributed by atoms with Gasteiger partial charge >= 0.3 is 0 Å². The molecule has 0 aliphatic heterocycles. The van der Waals surface area contributed by atoms with E-state index >= 15 is 0 Å². The van der Waals surface area contributed by atoms with Crippen LogP contribution in [0, 0.1) is 11.3 Å². The van der Waals surface area contributed by atoms with E-state index in [0.29, 0.717) is 36.1 Å². The van der Waals surface area contributed by atoms with Gasteiger partial charge in [-0.25, -0.2) is 0 Å². The van der Waals surface area contributed by atoms with Crippen LogP contribution in [0.3, 0.4) is 0 Å².